The monoisotopic (exact) mass is 167 g/mol. The molecular weight excluding hydrogens is 154 g/mol. The highest BCUT2D eigenvalue weighted by Gasteiger charge is 2.10. The molecule has 0 bridgehead atoms. The first kappa shape index (κ1) is 9.03. The summed E-state index contributed by atoms with van der Waals surface area (Å²) in [6.45, 7) is 1.64. The SMILES string of the molecule is C[C@H](O)[C@@H](N)c1ccc(O)cc1. The summed E-state index contributed by atoms with van der Waals surface area (Å²) in [5, 5.41) is 18.1. The summed E-state index contributed by atoms with van der Waals surface area (Å²) in [5.74, 6) is 0.205. The fourth-order valence-electron chi connectivity index (χ4n) is 0.975. The highest BCUT2D eigenvalue weighted by molar-refractivity contribution is 5.28. The number of nitrogens with two attached hydrogens (primary N) is 1. The van der Waals surface area contributed by atoms with E-state index in [0.717, 1.165) is 5.56 Å². The van der Waals surface area contributed by atoms with Crippen LogP contribution in [0.4, 0.5) is 0 Å². The Morgan fingerprint density at radius 3 is 2.17 bits per heavy atom. The van der Waals surface area contributed by atoms with E-state index in [2.05, 4.69) is 0 Å². The fourth-order valence-corrected chi connectivity index (χ4v) is 0.975. The van der Waals surface area contributed by atoms with E-state index in [1.165, 1.54) is 0 Å². The molecule has 0 aliphatic heterocycles. The molecule has 2 atom stereocenters. The van der Waals surface area contributed by atoms with Crippen molar-refractivity contribution < 1.29 is 10.2 Å². The van der Waals surface area contributed by atoms with Gasteiger partial charge >= 0.3 is 0 Å². The van der Waals surface area contributed by atoms with Gasteiger partial charge in [-0.1, -0.05) is 12.1 Å². The zero-order valence-corrected chi connectivity index (χ0v) is 6.94. The van der Waals surface area contributed by atoms with Crippen LogP contribution in [-0.4, -0.2) is 16.3 Å². The Balaban J connectivity index is 2.82. The number of phenols is 1. The van der Waals surface area contributed by atoms with Gasteiger partial charge in [0.15, 0.2) is 0 Å². The summed E-state index contributed by atoms with van der Waals surface area (Å²) >= 11 is 0. The summed E-state index contributed by atoms with van der Waals surface area (Å²) < 4.78 is 0. The van der Waals surface area contributed by atoms with Gasteiger partial charge in [-0.15, -0.1) is 0 Å². The van der Waals surface area contributed by atoms with Crippen molar-refractivity contribution in [3.63, 3.8) is 0 Å². The van der Waals surface area contributed by atoms with Crippen molar-refractivity contribution in [2.75, 3.05) is 0 Å². The Hall–Kier alpha value is -1.06. The highest BCUT2D eigenvalue weighted by atomic mass is 16.3. The minimum atomic E-state index is -0.574. The number of aliphatic hydroxyl groups excluding tert-OH is 1. The molecule has 0 radical (unpaired) electrons. The molecule has 0 aliphatic rings. The van der Waals surface area contributed by atoms with Gasteiger partial charge < -0.3 is 15.9 Å². The maximum atomic E-state index is 9.16. The minimum Gasteiger partial charge on any atom is -0.508 e. The molecule has 0 aliphatic carbocycles. The highest BCUT2D eigenvalue weighted by Crippen LogP contribution is 2.17. The van der Waals surface area contributed by atoms with Gasteiger partial charge in [-0.2, -0.15) is 0 Å². The van der Waals surface area contributed by atoms with Crippen molar-refractivity contribution in [2.24, 2.45) is 5.73 Å². The van der Waals surface area contributed by atoms with Crippen LogP contribution in [0.2, 0.25) is 0 Å². The van der Waals surface area contributed by atoms with E-state index in [4.69, 9.17) is 15.9 Å². The lowest BCUT2D eigenvalue weighted by molar-refractivity contribution is 0.164. The van der Waals surface area contributed by atoms with E-state index >= 15 is 0 Å². The molecule has 0 saturated carbocycles. The molecule has 0 saturated heterocycles. The molecule has 0 heterocycles. The largest absolute Gasteiger partial charge is 0.508 e. The molecular formula is C9H13NO2. The average Bonchev–Trinajstić information content (AvgIpc) is 2.04. The van der Waals surface area contributed by atoms with E-state index in [0.29, 0.717) is 0 Å². The Bertz CT molecular complexity index is 243. The molecule has 66 valence electrons. The van der Waals surface area contributed by atoms with Crippen LogP contribution in [0.25, 0.3) is 0 Å². The van der Waals surface area contributed by atoms with E-state index in [1.54, 1.807) is 31.2 Å². The lowest BCUT2D eigenvalue weighted by Crippen LogP contribution is -2.22. The Labute approximate surface area is 71.5 Å². The van der Waals surface area contributed by atoms with Gasteiger partial charge in [0, 0.05) is 0 Å². The fraction of sp³-hybridized carbons (Fsp3) is 0.333. The number of hydrogen-bond donors (Lipinski definition) is 3. The van der Waals surface area contributed by atoms with Gasteiger partial charge in [-0.25, -0.2) is 0 Å². The lowest BCUT2D eigenvalue weighted by atomic mass is 10.0. The molecule has 0 aromatic heterocycles. The van der Waals surface area contributed by atoms with Gasteiger partial charge in [0.2, 0.25) is 0 Å². The van der Waals surface area contributed by atoms with Crippen LogP contribution < -0.4 is 5.73 Å². The van der Waals surface area contributed by atoms with E-state index in [-0.39, 0.29) is 11.8 Å². The third-order valence-electron chi connectivity index (χ3n) is 1.80. The molecule has 3 nitrogen and oxygen atoms in total. The normalized spacial score (nSPS) is 15.6. The predicted octanol–water partition coefficient (Wildman–Crippen LogP) is 0.773. The third kappa shape index (κ3) is 1.96. The number of benzene rings is 1. The van der Waals surface area contributed by atoms with Crippen LogP contribution in [-0.2, 0) is 0 Å². The minimum absolute atomic E-state index is 0.205. The quantitative estimate of drug-likeness (QED) is 0.609. The van der Waals surface area contributed by atoms with E-state index in [9.17, 15) is 0 Å². The Morgan fingerprint density at radius 2 is 1.75 bits per heavy atom. The number of phenolic OH excluding ortho intramolecular Hbond substituents is 1. The van der Waals surface area contributed by atoms with Crippen molar-refractivity contribution in [1.29, 1.82) is 0 Å². The zero-order chi connectivity index (χ0) is 9.14. The first-order valence-electron chi connectivity index (χ1n) is 3.84. The predicted molar refractivity (Wildman–Crippen MR) is 46.7 cm³/mol. The van der Waals surface area contributed by atoms with Gasteiger partial charge in [0.05, 0.1) is 12.1 Å². The lowest BCUT2D eigenvalue weighted by Gasteiger charge is -2.14. The van der Waals surface area contributed by atoms with Crippen LogP contribution in [0.1, 0.15) is 18.5 Å². The number of aliphatic hydroxyl groups is 1. The van der Waals surface area contributed by atoms with E-state index in [1.807, 2.05) is 0 Å². The zero-order valence-electron chi connectivity index (χ0n) is 6.94. The maximum absolute atomic E-state index is 9.16. The maximum Gasteiger partial charge on any atom is 0.115 e. The molecule has 12 heavy (non-hydrogen) atoms. The van der Waals surface area contributed by atoms with Crippen molar-refractivity contribution in [2.45, 2.75) is 19.1 Å². The molecule has 0 unspecified atom stereocenters. The smallest absolute Gasteiger partial charge is 0.115 e. The van der Waals surface area contributed by atoms with Crippen molar-refractivity contribution in [3.05, 3.63) is 29.8 Å². The average molecular weight is 167 g/mol. The molecule has 1 aromatic carbocycles. The first-order chi connectivity index (χ1) is 5.61. The van der Waals surface area contributed by atoms with Crippen LogP contribution in [0, 0.1) is 0 Å². The molecule has 0 fully saturated rings. The number of hydrogen-bond acceptors (Lipinski definition) is 3. The first-order valence-corrected chi connectivity index (χ1v) is 3.84. The topological polar surface area (TPSA) is 66.5 Å². The van der Waals surface area contributed by atoms with Crippen LogP contribution in [0.15, 0.2) is 24.3 Å². The van der Waals surface area contributed by atoms with Crippen molar-refractivity contribution >= 4 is 0 Å². The van der Waals surface area contributed by atoms with Gasteiger partial charge in [-0.05, 0) is 24.6 Å². The molecule has 0 spiro atoms. The van der Waals surface area contributed by atoms with E-state index < -0.39 is 6.10 Å². The van der Waals surface area contributed by atoms with Gasteiger partial charge in [-0.3, -0.25) is 0 Å². The van der Waals surface area contributed by atoms with Crippen LogP contribution >= 0.6 is 0 Å². The summed E-state index contributed by atoms with van der Waals surface area (Å²) in [6.07, 6.45) is -0.574. The number of rotatable bonds is 2. The van der Waals surface area contributed by atoms with Crippen molar-refractivity contribution in [1.82, 2.24) is 0 Å². The number of aromatic hydroxyl groups is 1. The van der Waals surface area contributed by atoms with Gasteiger partial charge in [0.25, 0.3) is 0 Å². The summed E-state index contributed by atoms with van der Waals surface area (Å²) in [6, 6.07) is 6.12. The molecule has 0 amide bonds. The summed E-state index contributed by atoms with van der Waals surface area (Å²) in [4.78, 5) is 0. The Morgan fingerprint density at radius 1 is 1.25 bits per heavy atom. The summed E-state index contributed by atoms with van der Waals surface area (Å²) in [7, 11) is 0. The second kappa shape index (κ2) is 3.56. The van der Waals surface area contributed by atoms with Crippen LogP contribution in [0.5, 0.6) is 5.75 Å². The summed E-state index contributed by atoms with van der Waals surface area (Å²) in [5.41, 5.74) is 6.48. The molecule has 1 aromatic rings. The third-order valence-corrected chi connectivity index (χ3v) is 1.80. The van der Waals surface area contributed by atoms with Gasteiger partial charge in [0.1, 0.15) is 5.75 Å². The van der Waals surface area contributed by atoms with Crippen molar-refractivity contribution in [3.8, 4) is 5.75 Å². The molecule has 4 N–H and O–H groups in total. The second-order valence-corrected chi connectivity index (χ2v) is 2.86. The second-order valence-electron chi connectivity index (χ2n) is 2.86. The van der Waals surface area contributed by atoms with Crippen LogP contribution in [0.3, 0.4) is 0 Å². The standard InChI is InChI=1S/C9H13NO2/c1-6(11)9(10)7-2-4-8(12)5-3-7/h2-6,9,11-12H,10H2,1H3/t6-,9+/m0/s1. The molecule has 1 rings (SSSR count). The Kier molecular flexibility index (Phi) is 2.68. The molecule has 3 heteroatoms.